The fourth-order valence-corrected chi connectivity index (χ4v) is 5.83. The van der Waals surface area contributed by atoms with E-state index < -0.39 is 11.7 Å². The maximum atomic E-state index is 13.2. The molecule has 1 fully saturated rings. The fourth-order valence-electron chi connectivity index (χ4n) is 4.66. The van der Waals surface area contributed by atoms with E-state index in [4.69, 9.17) is 4.74 Å². The van der Waals surface area contributed by atoms with Gasteiger partial charge in [-0.05, 0) is 59.9 Å². The van der Waals surface area contributed by atoms with E-state index in [1.807, 2.05) is 0 Å². The van der Waals surface area contributed by atoms with Gasteiger partial charge < -0.3 is 10.1 Å². The summed E-state index contributed by atoms with van der Waals surface area (Å²) in [6, 6.07) is 3.73. The zero-order valence-corrected chi connectivity index (χ0v) is 17.0. The lowest BCUT2D eigenvalue weighted by atomic mass is 9.94. The van der Waals surface area contributed by atoms with Crippen LogP contribution in [0.15, 0.2) is 18.2 Å². The summed E-state index contributed by atoms with van der Waals surface area (Å²) in [5.74, 6) is 0.847. The number of aryl methyl sites for hydroxylation is 1. The maximum absolute atomic E-state index is 13.2. The van der Waals surface area contributed by atoms with Crippen molar-refractivity contribution in [1.82, 2.24) is 0 Å². The lowest BCUT2D eigenvalue weighted by Gasteiger charge is -2.14. The van der Waals surface area contributed by atoms with Crippen LogP contribution in [0.1, 0.15) is 51.0 Å². The van der Waals surface area contributed by atoms with Crippen molar-refractivity contribution in [3.05, 3.63) is 44.6 Å². The Morgan fingerprint density at radius 2 is 2.07 bits per heavy atom. The molecule has 0 aliphatic heterocycles. The average Bonchev–Trinajstić information content (AvgIpc) is 2.95. The molecular formula is C21H22F3NO2S. The first-order valence-corrected chi connectivity index (χ1v) is 10.0. The monoisotopic (exact) mass is 409 g/mol. The van der Waals surface area contributed by atoms with E-state index in [1.165, 1.54) is 41.0 Å². The van der Waals surface area contributed by atoms with Gasteiger partial charge in [-0.2, -0.15) is 13.2 Å². The molecule has 2 aliphatic rings. The van der Waals surface area contributed by atoms with Crippen LogP contribution in [0.2, 0.25) is 0 Å². The number of Topliss-reactive ketones (excluding diaryl/α,β-unsaturated/α-hetero) is 1. The number of ketones is 1. The number of hydrogen-bond acceptors (Lipinski definition) is 4. The van der Waals surface area contributed by atoms with Crippen molar-refractivity contribution in [2.24, 2.45) is 11.3 Å². The number of ether oxygens (including phenoxy) is 1. The van der Waals surface area contributed by atoms with Crippen LogP contribution in [0.3, 0.4) is 0 Å². The van der Waals surface area contributed by atoms with Crippen molar-refractivity contribution in [2.75, 3.05) is 19.0 Å². The average molecular weight is 409 g/mol. The van der Waals surface area contributed by atoms with Gasteiger partial charge in [-0.3, -0.25) is 4.79 Å². The van der Waals surface area contributed by atoms with Gasteiger partial charge in [0.2, 0.25) is 0 Å². The van der Waals surface area contributed by atoms with Crippen molar-refractivity contribution in [1.29, 1.82) is 0 Å². The van der Waals surface area contributed by atoms with Crippen LogP contribution >= 0.6 is 11.3 Å². The van der Waals surface area contributed by atoms with Gasteiger partial charge in [0, 0.05) is 10.6 Å². The van der Waals surface area contributed by atoms with Gasteiger partial charge in [0.25, 0.3) is 0 Å². The van der Waals surface area contributed by atoms with Crippen LogP contribution in [0.25, 0.3) is 0 Å². The van der Waals surface area contributed by atoms with Crippen LogP contribution in [-0.4, -0.2) is 19.4 Å². The maximum Gasteiger partial charge on any atom is 0.420 e. The van der Waals surface area contributed by atoms with E-state index in [0.717, 1.165) is 22.9 Å². The standard InChI is InChI=1S/C21H22F3NO2S/c1-10-17-12(8-14-18(17)20(14,2)3)19(28-10)15(26)9-25-11-5-6-16(27-4)13(7-11)21(22,23)24/h5-7,14,18,25H,8-9H2,1-4H3/t14-,18-/m1/s1. The number of nitrogens with one attached hydrogen (secondary N) is 1. The quantitative estimate of drug-likeness (QED) is 0.646. The summed E-state index contributed by atoms with van der Waals surface area (Å²) in [4.78, 5) is 14.7. The predicted octanol–water partition coefficient (Wildman–Crippen LogP) is 5.67. The number of carbonyl (C=O) groups is 1. The Morgan fingerprint density at radius 3 is 2.71 bits per heavy atom. The second-order valence-electron chi connectivity index (χ2n) is 8.18. The minimum absolute atomic E-state index is 0.0330. The number of rotatable bonds is 5. The zero-order valence-electron chi connectivity index (χ0n) is 16.2. The molecule has 1 N–H and O–H groups in total. The third kappa shape index (κ3) is 2.91. The molecule has 0 amide bonds. The number of hydrogen-bond donors (Lipinski definition) is 1. The van der Waals surface area contributed by atoms with Gasteiger partial charge >= 0.3 is 6.18 Å². The molecular weight excluding hydrogens is 387 g/mol. The van der Waals surface area contributed by atoms with E-state index in [-0.39, 0.29) is 23.8 Å². The summed E-state index contributed by atoms with van der Waals surface area (Å²) in [7, 11) is 1.20. The van der Waals surface area contributed by atoms with E-state index >= 15 is 0 Å². The molecule has 3 nitrogen and oxygen atoms in total. The lowest BCUT2D eigenvalue weighted by molar-refractivity contribution is -0.138. The van der Waals surface area contributed by atoms with Crippen molar-refractivity contribution < 1.29 is 22.7 Å². The molecule has 0 spiro atoms. The highest BCUT2D eigenvalue weighted by molar-refractivity contribution is 7.14. The highest BCUT2D eigenvalue weighted by Crippen LogP contribution is 2.71. The van der Waals surface area contributed by atoms with Gasteiger partial charge in [-0.1, -0.05) is 13.8 Å². The predicted molar refractivity (Wildman–Crippen MR) is 104 cm³/mol. The number of carbonyl (C=O) groups excluding carboxylic acids is 1. The number of alkyl halides is 3. The molecule has 28 heavy (non-hydrogen) atoms. The summed E-state index contributed by atoms with van der Waals surface area (Å²) in [5, 5.41) is 2.85. The molecule has 1 aromatic heterocycles. The first-order chi connectivity index (χ1) is 13.1. The largest absolute Gasteiger partial charge is 0.496 e. The molecule has 4 rings (SSSR count). The number of benzene rings is 1. The third-order valence-corrected chi connectivity index (χ3v) is 7.43. The topological polar surface area (TPSA) is 38.3 Å². The molecule has 1 saturated carbocycles. The number of methoxy groups -OCH3 is 1. The summed E-state index contributed by atoms with van der Waals surface area (Å²) >= 11 is 1.52. The highest BCUT2D eigenvalue weighted by Gasteiger charge is 2.63. The Kier molecular flexibility index (Phi) is 4.30. The molecule has 0 saturated heterocycles. The Morgan fingerprint density at radius 1 is 1.36 bits per heavy atom. The third-order valence-electron chi connectivity index (χ3n) is 6.23. The van der Waals surface area contributed by atoms with Crippen molar-refractivity contribution >= 4 is 22.8 Å². The first kappa shape index (κ1) is 19.3. The number of anilines is 1. The molecule has 0 radical (unpaired) electrons. The van der Waals surface area contributed by atoms with Crippen LogP contribution in [0, 0.1) is 18.3 Å². The summed E-state index contributed by atoms with van der Waals surface area (Å²) in [6.45, 7) is 6.57. The zero-order chi connectivity index (χ0) is 20.4. The molecule has 1 heterocycles. The fraction of sp³-hybridized carbons (Fsp3) is 0.476. The Bertz CT molecular complexity index is 961. The van der Waals surface area contributed by atoms with Crippen molar-refractivity contribution in [2.45, 2.75) is 39.3 Å². The van der Waals surface area contributed by atoms with E-state index in [2.05, 4.69) is 26.1 Å². The van der Waals surface area contributed by atoms with Crippen molar-refractivity contribution in [3.8, 4) is 5.75 Å². The van der Waals surface area contributed by atoms with Crippen LogP contribution < -0.4 is 10.1 Å². The van der Waals surface area contributed by atoms with Gasteiger partial charge in [-0.25, -0.2) is 0 Å². The summed E-state index contributed by atoms with van der Waals surface area (Å²) in [6.07, 6.45) is -3.59. The molecule has 2 atom stereocenters. The number of halogens is 3. The molecule has 2 aliphatic carbocycles. The summed E-state index contributed by atoms with van der Waals surface area (Å²) in [5.41, 5.74) is 2.20. The second-order valence-corrected chi connectivity index (χ2v) is 9.40. The van der Waals surface area contributed by atoms with E-state index in [1.54, 1.807) is 0 Å². The van der Waals surface area contributed by atoms with Crippen LogP contribution in [0.4, 0.5) is 18.9 Å². The molecule has 0 bridgehead atoms. The molecule has 1 aromatic carbocycles. The van der Waals surface area contributed by atoms with Gasteiger partial charge in [0.15, 0.2) is 5.78 Å². The van der Waals surface area contributed by atoms with E-state index in [9.17, 15) is 18.0 Å². The Hall–Kier alpha value is -2.02. The molecule has 7 heteroatoms. The normalized spacial score (nSPS) is 21.8. The SMILES string of the molecule is COc1ccc(NCC(=O)c2sc(C)c3c2C[C@@H]2[C@H]3C2(C)C)cc1C(F)(F)F. The van der Waals surface area contributed by atoms with Gasteiger partial charge in [0.1, 0.15) is 5.75 Å². The number of thiophene rings is 1. The summed E-state index contributed by atoms with van der Waals surface area (Å²) < 4.78 is 44.3. The Labute approximate surface area is 165 Å². The second kappa shape index (κ2) is 6.24. The van der Waals surface area contributed by atoms with Crippen LogP contribution in [-0.2, 0) is 12.6 Å². The highest BCUT2D eigenvalue weighted by atomic mass is 32.1. The Balaban J connectivity index is 1.51. The first-order valence-electron chi connectivity index (χ1n) is 9.20. The smallest absolute Gasteiger partial charge is 0.420 e. The lowest BCUT2D eigenvalue weighted by Crippen LogP contribution is -2.15. The molecule has 2 aromatic rings. The van der Waals surface area contributed by atoms with Gasteiger partial charge in [-0.15, -0.1) is 11.3 Å². The van der Waals surface area contributed by atoms with Crippen LogP contribution in [0.5, 0.6) is 5.75 Å². The molecule has 150 valence electrons. The van der Waals surface area contributed by atoms with Gasteiger partial charge in [0.05, 0.1) is 24.1 Å². The minimum Gasteiger partial charge on any atom is -0.496 e. The minimum atomic E-state index is -4.52. The van der Waals surface area contributed by atoms with Crippen molar-refractivity contribution in [3.63, 3.8) is 0 Å². The number of fused-ring (bicyclic) bond motifs is 3. The molecule has 0 unspecified atom stereocenters. The van der Waals surface area contributed by atoms with E-state index in [0.29, 0.717) is 17.3 Å².